The van der Waals surface area contributed by atoms with E-state index in [-0.39, 0.29) is 0 Å². The lowest BCUT2D eigenvalue weighted by Gasteiger charge is -2.02. The third-order valence-corrected chi connectivity index (χ3v) is 2.83. The van der Waals surface area contributed by atoms with Crippen LogP contribution >= 0.6 is 0 Å². The summed E-state index contributed by atoms with van der Waals surface area (Å²) in [7, 11) is 1.82. The summed E-state index contributed by atoms with van der Waals surface area (Å²) in [6, 6.07) is 0. The first-order valence-corrected chi connectivity index (χ1v) is 4.63. The summed E-state index contributed by atoms with van der Waals surface area (Å²) in [5.74, 6) is 2.97. The van der Waals surface area contributed by atoms with Crippen LogP contribution in [0.5, 0.6) is 0 Å². The normalized spacial score (nSPS) is 39.2. The minimum atomic E-state index is 0.888. The van der Waals surface area contributed by atoms with E-state index in [9.17, 15) is 0 Å². The SMILES string of the molecule is C/C=C\C(=C/C=NC)C1C2CC21. The van der Waals surface area contributed by atoms with Crippen molar-refractivity contribution in [2.75, 3.05) is 7.05 Å². The Morgan fingerprint density at radius 3 is 2.58 bits per heavy atom. The molecular weight excluding hydrogens is 146 g/mol. The van der Waals surface area contributed by atoms with Gasteiger partial charge in [0.1, 0.15) is 0 Å². The molecule has 0 radical (unpaired) electrons. The lowest BCUT2D eigenvalue weighted by atomic mass is 10.0. The minimum absolute atomic E-state index is 0.888. The van der Waals surface area contributed by atoms with Gasteiger partial charge in [-0.1, -0.05) is 12.2 Å². The zero-order chi connectivity index (χ0) is 8.55. The maximum Gasteiger partial charge on any atom is 0.0277 e. The fourth-order valence-electron chi connectivity index (χ4n) is 1.90. The topological polar surface area (TPSA) is 12.4 Å². The summed E-state index contributed by atoms with van der Waals surface area (Å²) in [6.45, 7) is 2.07. The van der Waals surface area contributed by atoms with Crippen molar-refractivity contribution in [2.24, 2.45) is 22.7 Å². The predicted molar refractivity (Wildman–Crippen MR) is 52.4 cm³/mol. The summed E-state index contributed by atoms with van der Waals surface area (Å²) in [5, 5.41) is 0. The van der Waals surface area contributed by atoms with Crippen LogP contribution in [0.25, 0.3) is 0 Å². The molecule has 1 nitrogen and oxygen atoms in total. The molecule has 2 aliphatic carbocycles. The fourth-order valence-corrected chi connectivity index (χ4v) is 1.90. The lowest BCUT2D eigenvalue weighted by Crippen LogP contribution is -1.92. The highest BCUT2D eigenvalue weighted by atomic mass is 14.7. The maximum atomic E-state index is 3.97. The first-order chi connectivity index (χ1) is 5.88. The second-order valence-electron chi connectivity index (χ2n) is 3.66. The molecule has 2 fully saturated rings. The smallest absolute Gasteiger partial charge is 0.0277 e. The van der Waals surface area contributed by atoms with E-state index in [0.717, 1.165) is 17.8 Å². The van der Waals surface area contributed by atoms with Crippen molar-refractivity contribution in [1.82, 2.24) is 0 Å². The van der Waals surface area contributed by atoms with Crippen LogP contribution in [-0.2, 0) is 0 Å². The van der Waals surface area contributed by atoms with Crippen LogP contribution in [0.4, 0.5) is 0 Å². The number of nitrogens with zero attached hydrogens (tertiary/aromatic N) is 1. The molecule has 64 valence electrons. The van der Waals surface area contributed by atoms with E-state index in [1.807, 2.05) is 13.3 Å². The van der Waals surface area contributed by atoms with Gasteiger partial charge in [-0.2, -0.15) is 0 Å². The first-order valence-electron chi connectivity index (χ1n) is 4.63. The van der Waals surface area contributed by atoms with Gasteiger partial charge in [-0.15, -0.1) is 0 Å². The van der Waals surface area contributed by atoms with E-state index in [2.05, 4.69) is 30.1 Å². The van der Waals surface area contributed by atoms with Gasteiger partial charge in [0.05, 0.1) is 0 Å². The van der Waals surface area contributed by atoms with Gasteiger partial charge in [-0.25, -0.2) is 0 Å². The Morgan fingerprint density at radius 2 is 2.17 bits per heavy atom. The molecular formula is C11H15N. The molecule has 1 heteroatoms. The summed E-state index contributed by atoms with van der Waals surface area (Å²) in [4.78, 5) is 3.97. The molecule has 0 heterocycles. The zero-order valence-corrected chi connectivity index (χ0v) is 7.70. The summed E-state index contributed by atoms with van der Waals surface area (Å²) < 4.78 is 0. The van der Waals surface area contributed by atoms with Crippen LogP contribution in [0.1, 0.15) is 13.3 Å². The van der Waals surface area contributed by atoms with Crippen LogP contribution in [0, 0.1) is 17.8 Å². The second-order valence-corrected chi connectivity index (χ2v) is 3.66. The molecule has 0 amide bonds. The van der Waals surface area contributed by atoms with Crippen LogP contribution < -0.4 is 0 Å². The summed E-state index contributed by atoms with van der Waals surface area (Å²) in [6.07, 6.45) is 9.86. The molecule has 0 saturated heterocycles. The fraction of sp³-hybridized carbons (Fsp3) is 0.545. The van der Waals surface area contributed by atoms with E-state index in [4.69, 9.17) is 0 Å². The van der Waals surface area contributed by atoms with Gasteiger partial charge in [0.25, 0.3) is 0 Å². The van der Waals surface area contributed by atoms with Gasteiger partial charge in [-0.05, 0) is 42.7 Å². The van der Waals surface area contributed by atoms with Crippen molar-refractivity contribution < 1.29 is 0 Å². The van der Waals surface area contributed by atoms with Crippen LogP contribution in [0.3, 0.4) is 0 Å². The third kappa shape index (κ3) is 1.24. The molecule has 0 bridgehead atoms. The molecule has 0 aliphatic heterocycles. The number of rotatable bonds is 3. The second kappa shape index (κ2) is 2.89. The predicted octanol–water partition coefficient (Wildman–Crippen LogP) is 2.46. The molecule has 0 aromatic rings. The number of aliphatic imine (C=N–C) groups is 1. The molecule has 0 aromatic carbocycles. The van der Waals surface area contributed by atoms with Gasteiger partial charge in [0.15, 0.2) is 0 Å². The average molecular weight is 161 g/mol. The lowest BCUT2D eigenvalue weighted by molar-refractivity contribution is 0.722. The highest BCUT2D eigenvalue weighted by Crippen LogP contribution is 2.70. The van der Waals surface area contributed by atoms with Gasteiger partial charge in [0, 0.05) is 13.3 Å². The third-order valence-electron chi connectivity index (χ3n) is 2.83. The van der Waals surface area contributed by atoms with E-state index in [1.165, 1.54) is 12.0 Å². The summed E-state index contributed by atoms with van der Waals surface area (Å²) in [5.41, 5.74) is 1.48. The van der Waals surface area contributed by atoms with Crippen molar-refractivity contribution in [1.29, 1.82) is 0 Å². The Hall–Kier alpha value is -0.850. The van der Waals surface area contributed by atoms with E-state index < -0.39 is 0 Å². The Labute approximate surface area is 73.9 Å². The molecule has 0 spiro atoms. The molecule has 0 N–H and O–H groups in total. The Bertz CT molecular complexity index is 252. The largest absolute Gasteiger partial charge is 0.297 e. The zero-order valence-electron chi connectivity index (χ0n) is 7.70. The van der Waals surface area contributed by atoms with E-state index in [1.54, 1.807) is 0 Å². The van der Waals surface area contributed by atoms with Crippen molar-refractivity contribution in [3.8, 4) is 0 Å². The molecule has 2 saturated carbocycles. The molecule has 2 aliphatic rings. The Kier molecular flexibility index (Phi) is 1.87. The van der Waals surface area contributed by atoms with Crippen LogP contribution in [0.15, 0.2) is 28.8 Å². The Morgan fingerprint density at radius 1 is 1.42 bits per heavy atom. The first kappa shape index (κ1) is 7.78. The number of hydrogen-bond donors (Lipinski definition) is 0. The monoisotopic (exact) mass is 161 g/mol. The van der Waals surface area contributed by atoms with Crippen molar-refractivity contribution in [3.63, 3.8) is 0 Å². The Balaban J connectivity index is 2.02. The van der Waals surface area contributed by atoms with Crippen LogP contribution in [0.2, 0.25) is 0 Å². The molecule has 2 atom stereocenters. The summed E-state index contributed by atoms with van der Waals surface area (Å²) >= 11 is 0. The van der Waals surface area contributed by atoms with Crippen LogP contribution in [-0.4, -0.2) is 13.3 Å². The number of fused-ring (bicyclic) bond motifs is 1. The highest BCUT2D eigenvalue weighted by molar-refractivity contribution is 5.73. The van der Waals surface area contributed by atoms with Gasteiger partial charge < -0.3 is 0 Å². The van der Waals surface area contributed by atoms with E-state index in [0.29, 0.717) is 0 Å². The minimum Gasteiger partial charge on any atom is -0.297 e. The maximum absolute atomic E-state index is 3.97. The van der Waals surface area contributed by atoms with E-state index >= 15 is 0 Å². The van der Waals surface area contributed by atoms with Gasteiger partial charge in [-0.3, -0.25) is 4.99 Å². The molecule has 2 rings (SSSR count). The van der Waals surface area contributed by atoms with Crippen molar-refractivity contribution in [3.05, 3.63) is 23.8 Å². The standard InChI is InChI=1S/C11H15N/c1-3-4-8(5-6-12-2)11-9-7-10(9)11/h3-6,9-11H,7H2,1-2H3/b4-3-,8-5+,12-6?. The number of hydrogen-bond acceptors (Lipinski definition) is 1. The molecule has 12 heavy (non-hydrogen) atoms. The average Bonchev–Trinajstić information content (AvgIpc) is 2.87. The molecule has 2 unspecified atom stereocenters. The molecule has 0 aromatic heterocycles. The highest BCUT2D eigenvalue weighted by Gasteiger charge is 2.64. The number of allylic oxidation sites excluding steroid dienone is 4. The van der Waals surface area contributed by atoms with Crippen molar-refractivity contribution in [2.45, 2.75) is 13.3 Å². The van der Waals surface area contributed by atoms with Gasteiger partial charge in [0.2, 0.25) is 0 Å². The quantitative estimate of drug-likeness (QED) is 0.445. The van der Waals surface area contributed by atoms with Crippen molar-refractivity contribution >= 4 is 6.21 Å². The van der Waals surface area contributed by atoms with Gasteiger partial charge >= 0.3 is 0 Å².